The maximum atomic E-state index is 11.9. The Balaban J connectivity index is 1.92. The number of aliphatic carboxylic acids is 1. The van der Waals surface area contributed by atoms with Crippen LogP contribution in [0.1, 0.15) is 17.5 Å². The predicted octanol–water partition coefficient (Wildman–Crippen LogP) is 1.99. The van der Waals surface area contributed by atoms with Gasteiger partial charge in [-0.2, -0.15) is 0 Å². The van der Waals surface area contributed by atoms with E-state index in [2.05, 4.69) is 27.3 Å². The fraction of sp³-hybridized carbons (Fsp3) is 0.385. The molecule has 0 saturated heterocycles. The van der Waals surface area contributed by atoms with Gasteiger partial charge in [-0.25, -0.2) is 4.79 Å². The number of hydrogen-bond acceptors (Lipinski definition) is 2. The zero-order valence-corrected chi connectivity index (χ0v) is 11.9. The maximum absolute atomic E-state index is 11.9. The summed E-state index contributed by atoms with van der Waals surface area (Å²) in [5.41, 5.74) is 2.40. The topological polar surface area (TPSA) is 69.6 Å². The SMILES string of the molecule is O=C(O)CCNC(=O)N1CCc2cc(Br)ccc2C1. The first kappa shape index (κ1) is 13.9. The number of urea groups is 1. The number of carboxylic acid groups (broad SMARTS) is 1. The summed E-state index contributed by atoms with van der Waals surface area (Å²) >= 11 is 3.43. The average molecular weight is 327 g/mol. The minimum absolute atomic E-state index is 0.0525. The average Bonchev–Trinajstić information content (AvgIpc) is 2.37. The van der Waals surface area contributed by atoms with E-state index in [9.17, 15) is 9.59 Å². The Bertz CT molecular complexity index is 505. The highest BCUT2D eigenvalue weighted by Crippen LogP contribution is 2.22. The fourth-order valence-electron chi connectivity index (χ4n) is 2.08. The molecule has 1 aromatic rings. The number of halogens is 1. The molecule has 19 heavy (non-hydrogen) atoms. The lowest BCUT2D eigenvalue weighted by molar-refractivity contribution is -0.136. The standard InChI is InChI=1S/C13H15BrN2O3/c14-11-2-1-10-8-16(6-4-9(10)7-11)13(19)15-5-3-12(17)18/h1-2,7H,3-6,8H2,(H,15,19)(H,17,18). The van der Waals surface area contributed by atoms with Gasteiger partial charge in [0.2, 0.25) is 0 Å². The summed E-state index contributed by atoms with van der Waals surface area (Å²) in [6.07, 6.45) is 0.768. The Morgan fingerprint density at radius 2 is 2.16 bits per heavy atom. The molecule has 2 rings (SSSR count). The van der Waals surface area contributed by atoms with E-state index < -0.39 is 5.97 Å². The highest BCUT2D eigenvalue weighted by atomic mass is 79.9. The molecule has 102 valence electrons. The molecule has 0 unspecified atom stereocenters. The molecule has 0 aliphatic carbocycles. The molecule has 0 bridgehead atoms. The normalized spacial score (nSPS) is 13.8. The Hall–Kier alpha value is -1.56. The summed E-state index contributed by atoms with van der Waals surface area (Å²) in [6.45, 7) is 1.39. The summed E-state index contributed by atoms with van der Waals surface area (Å²) in [4.78, 5) is 24.0. The fourth-order valence-corrected chi connectivity index (χ4v) is 2.49. The van der Waals surface area contributed by atoms with E-state index in [1.807, 2.05) is 12.1 Å². The van der Waals surface area contributed by atoms with Gasteiger partial charge in [0.1, 0.15) is 0 Å². The second kappa shape index (κ2) is 6.06. The third-order valence-electron chi connectivity index (χ3n) is 3.08. The molecule has 6 heteroatoms. The first-order chi connectivity index (χ1) is 9.06. The van der Waals surface area contributed by atoms with Crippen LogP contribution in [0.2, 0.25) is 0 Å². The van der Waals surface area contributed by atoms with Gasteiger partial charge in [0.25, 0.3) is 0 Å². The molecule has 0 aromatic heterocycles. The monoisotopic (exact) mass is 326 g/mol. The largest absolute Gasteiger partial charge is 0.481 e. The van der Waals surface area contributed by atoms with E-state index in [1.54, 1.807) is 4.90 Å². The second-order valence-corrected chi connectivity index (χ2v) is 5.38. The van der Waals surface area contributed by atoms with Crippen molar-refractivity contribution in [1.82, 2.24) is 10.2 Å². The van der Waals surface area contributed by atoms with Gasteiger partial charge in [-0.15, -0.1) is 0 Å². The quantitative estimate of drug-likeness (QED) is 0.892. The molecular formula is C13H15BrN2O3. The van der Waals surface area contributed by atoms with Crippen molar-refractivity contribution in [2.75, 3.05) is 13.1 Å². The number of fused-ring (bicyclic) bond motifs is 1. The van der Waals surface area contributed by atoms with Gasteiger partial charge >= 0.3 is 12.0 Å². The van der Waals surface area contributed by atoms with E-state index in [-0.39, 0.29) is 19.0 Å². The third kappa shape index (κ3) is 3.70. The molecule has 2 N–H and O–H groups in total. The Morgan fingerprint density at radius 3 is 2.89 bits per heavy atom. The van der Waals surface area contributed by atoms with E-state index in [0.717, 1.165) is 16.5 Å². The number of rotatable bonds is 3. The number of carbonyl (C=O) groups is 2. The van der Waals surface area contributed by atoms with Crippen molar-refractivity contribution in [3.8, 4) is 0 Å². The zero-order valence-electron chi connectivity index (χ0n) is 10.4. The summed E-state index contributed by atoms with van der Waals surface area (Å²) < 4.78 is 1.05. The number of amides is 2. The minimum Gasteiger partial charge on any atom is -0.481 e. The minimum atomic E-state index is -0.908. The van der Waals surface area contributed by atoms with E-state index in [1.165, 1.54) is 5.56 Å². The summed E-state index contributed by atoms with van der Waals surface area (Å²) in [5.74, 6) is -0.908. The number of carboxylic acids is 1. The predicted molar refractivity (Wildman–Crippen MR) is 73.9 cm³/mol. The van der Waals surface area contributed by atoms with Gasteiger partial charge < -0.3 is 15.3 Å². The lowest BCUT2D eigenvalue weighted by Crippen LogP contribution is -2.43. The number of benzene rings is 1. The molecule has 1 aliphatic heterocycles. The van der Waals surface area contributed by atoms with E-state index >= 15 is 0 Å². The molecule has 5 nitrogen and oxygen atoms in total. The van der Waals surface area contributed by atoms with Crippen LogP contribution in [0.25, 0.3) is 0 Å². The lowest BCUT2D eigenvalue weighted by Gasteiger charge is -2.29. The zero-order chi connectivity index (χ0) is 13.8. The van der Waals surface area contributed by atoms with Crippen LogP contribution in [0.5, 0.6) is 0 Å². The molecular weight excluding hydrogens is 312 g/mol. The van der Waals surface area contributed by atoms with Crippen molar-refractivity contribution in [3.63, 3.8) is 0 Å². The van der Waals surface area contributed by atoms with Gasteiger partial charge in [-0.1, -0.05) is 22.0 Å². The first-order valence-electron chi connectivity index (χ1n) is 6.08. The maximum Gasteiger partial charge on any atom is 0.317 e. The number of hydrogen-bond donors (Lipinski definition) is 2. The Morgan fingerprint density at radius 1 is 1.37 bits per heavy atom. The first-order valence-corrected chi connectivity index (χ1v) is 6.87. The number of nitrogens with one attached hydrogen (secondary N) is 1. The van der Waals surface area contributed by atoms with E-state index in [0.29, 0.717) is 13.1 Å². The van der Waals surface area contributed by atoms with Crippen molar-refractivity contribution in [2.24, 2.45) is 0 Å². The molecule has 0 radical (unpaired) electrons. The van der Waals surface area contributed by atoms with Crippen molar-refractivity contribution in [2.45, 2.75) is 19.4 Å². The van der Waals surface area contributed by atoms with Gasteiger partial charge in [0, 0.05) is 24.1 Å². The second-order valence-electron chi connectivity index (χ2n) is 4.46. The summed E-state index contributed by atoms with van der Waals surface area (Å²) in [6, 6.07) is 5.85. The van der Waals surface area contributed by atoms with Crippen LogP contribution in [0.15, 0.2) is 22.7 Å². The van der Waals surface area contributed by atoms with Crippen molar-refractivity contribution in [3.05, 3.63) is 33.8 Å². The summed E-state index contributed by atoms with van der Waals surface area (Å²) in [7, 11) is 0. The van der Waals surface area contributed by atoms with Crippen LogP contribution in [-0.2, 0) is 17.8 Å². The Labute approximate surface area is 119 Å². The highest BCUT2D eigenvalue weighted by Gasteiger charge is 2.20. The van der Waals surface area contributed by atoms with Crippen molar-refractivity contribution >= 4 is 27.9 Å². The lowest BCUT2D eigenvalue weighted by atomic mass is 10.0. The number of carbonyl (C=O) groups excluding carboxylic acids is 1. The molecule has 0 spiro atoms. The van der Waals surface area contributed by atoms with Crippen LogP contribution in [-0.4, -0.2) is 35.1 Å². The van der Waals surface area contributed by atoms with Crippen molar-refractivity contribution in [1.29, 1.82) is 0 Å². The van der Waals surface area contributed by atoms with Gasteiger partial charge in [0.15, 0.2) is 0 Å². The van der Waals surface area contributed by atoms with Gasteiger partial charge in [-0.3, -0.25) is 4.79 Å². The molecule has 1 aromatic carbocycles. The van der Waals surface area contributed by atoms with Gasteiger partial charge in [-0.05, 0) is 29.7 Å². The van der Waals surface area contributed by atoms with E-state index in [4.69, 9.17) is 5.11 Å². The van der Waals surface area contributed by atoms with Crippen LogP contribution in [0.4, 0.5) is 4.79 Å². The molecule has 2 amide bonds. The molecule has 0 fully saturated rings. The van der Waals surface area contributed by atoms with Gasteiger partial charge in [0.05, 0.1) is 6.42 Å². The Kier molecular flexibility index (Phi) is 4.42. The smallest absolute Gasteiger partial charge is 0.317 e. The van der Waals surface area contributed by atoms with Crippen LogP contribution in [0, 0.1) is 0 Å². The third-order valence-corrected chi connectivity index (χ3v) is 3.58. The van der Waals surface area contributed by atoms with Crippen molar-refractivity contribution < 1.29 is 14.7 Å². The van der Waals surface area contributed by atoms with Crippen LogP contribution in [0.3, 0.4) is 0 Å². The summed E-state index contributed by atoms with van der Waals surface area (Å²) in [5, 5.41) is 11.1. The number of nitrogens with zero attached hydrogens (tertiary/aromatic N) is 1. The van der Waals surface area contributed by atoms with Crippen LogP contribution >= 0.6 is 15.9 Å². The molecule has 0 atom stereocenters. The molecule has 0 saturated carbocycles. The molecule has 1 heterocycles. The van der Waals surface area contributed by atoms with Crippen LogP contribution < -0.4 is 5.32 Å². The molecule has 1 aliphatic rings. The highest BCUT2D eigenvalue weighted by molar-refractivity contribution is 9.10.